The van der Waals surface area contributed by atoms with Crippen LogP contribution < -0.4 is 5.32 Å². The number of hydrogen-bond donors (Lipinski definition) is 1. The van der Waals surface area contributed by atoms with E-state index in [9.17, 15) is 9.59 Å². The van der Waals surface area contributed by atoms with E-state index < -0.39 is 12.1 Å². The quantitative estimate of drug-likeness (QED) is 0.721. The van der Waals surface area contributed by atoms with Gasteiger partial charge in [0.2, 0.25) is 0 Å². The maximum absolute atomic E-state index is 12.4. The molecule has 0 saturated carbocycles. The molecule has 1 N–H and O–H groups in total. The van der Waals surface area contributed by atoms with Gasteiger partial charge in [0, 0.05) is 15.6 Å². The molecule has 0 unspecified atom stereocenters. The molecule has 0 bridgehead atoms. The Hall–Kier alpha value is -1.85. The Morgan fingerprint density at radius 1 is 1.38 bits per heavy atom. The Balaban J connectivity index is 1.61. The fourth-order valence-corrected chi connectivity index (χ4v) is 4.41. The van der Waals surface area contributed by atoms with Gasteiger partial charge >= 0.3 is 5.97 Å². The number of anilines is 1. The third-order valence-corrected chi connectivity index (χ3v) is 6.16. The molecule has 1 aromatic carbocycles. The Morgan fingerprint density at radius 3 is 2.92 bits per heavy atom. The summed E-state index contributed by atoms with van der Waals surface area (Å²) >= 11 is 7.40. The molecule has 1 amide bonds. The molecule has 2 atom stereocenters. The van der Waals surface area contributed by atoms with Gasteiger partial charge in [0.15, 0.2) is 6.10 Å². The van der Waals surface area contributed by atoms with E-state index in [0.717, 1.165) is 19.3 Å². The summed E-state index contributed by atoms with van der Waals surface area (Å²) in [5.41, 5.74) is 1.83. The van der Waals surface area contributed by atoms with Gasteiger partial charge in [-0.1, -0.05) is 31.0 Å². The number of aryl methyl sites for hydroxylation is 1. The maximum Gasteiger partial charge on any atom is 0.349 e. The lowest BCUT2D eigenvalue weighted by Crippen LogP contribution is -2.29. The highest BCUT2D eigenvalue weighted by Gasteiger charge is 2.25. The first-order valence-corrected chi connectivity index (χ1v) is 10.0. The van der Waals surface area contributed by atoms with Crippen LogP contribution in [0.15, 0.2) is 30.3 Å². The van der Waals surface area contributed by atoms with Crippen LogP contribution in [0.1, 0.15) is 46.8 Å². The second kappa shape index (κ2) is 8.23. The van der Waals surface area contributed by atoms with Crippen LogP contribution in [-0.2, 0) is 22.4 Å². The molecule has 26 heavy (non-hydrogen) atoms. The van der Waals surface area contributed by atoms with Crippen LogP contribution in [0.25, 0.3) is 0 Å². The van der Waals surface area contributed by atoms with E-state index >= 15 is 0 Å². The van der Waals surface area contributed by atoms with Crippen molar-refractivity contribution in [2.45, 2.75) is 45.6 Å². The number of carbonyl (C=O) groups excluding carboxylic acids is 2. The van der Waals surface area contributed by atoms with E-state index in [1.165, 1.54) is 28.2 Å². The molecule has 138 valence electrons. The van der Waals surface area contributed by atoms with Crippen molar-refractivity contribution in [3.63, 3.8) is 0 Å². The molecule has 0 aliphatic heterocycles. The van der Waals surface area contributed by atoms with Gasteiger partial charge in [0.1, 0.15) is 4.88 Å². The minimum absolute atomic E-state index is 0.381. The lowest BCUT2D eigenvalue weighted by Gasteiger charge is -2.19. The molecule has 1 heterocycles. The van der Waals surface area contributed by atoms with Gasteiger partial charge in [-0.2, -0.15) is 0 Å². The lowest BCUT2D eigenvalue weighted by atomic mass is 9.87. The first-order valence-electron chi connectivity index (χ1n) is 8.85. The Labute approximate surface area is 162 Å². The Morgan fingerprint density at radius 2 is 2.19 bits per heavy atom. The Kier molecular flexibility index (Phi) is 5.99. The van der Waals surface area contributed by atoms with Gasteiger partial charge in [0.25, 0.3) is 5.91 Å². The number of carbonyl (C=O) groups is 2. The predicted octanol–water partition coefficient (Wildman–Crippen LogP) is 5.10. The average molecular weight is 392 g/mol. The van der Waals surface area contributed by atoms with E-state index in [1.807, 2.05) is 6.07 Å². The number of ether oxygens (including phenoxy) is 1. The number of amides is 1. The largest absolute Gasteiger partial charge is 0.448 e. The number of halogens is 1. The molecular weight excluding hydrogens is 370 g/mol. The van der Waals surface area contributed by atoms with Crippen LogP contribution in [-0.4, -0.2) is 18.0 Å². The number of rotatable bonds is 5. The topological polar surface area (TPSA) is 55.4 Å². The summed E-state index contributed by atoms with van der Waals surface area (Å²) in [6.07, 6.45) is 3.51. The van der Waals surface area contributed by atoms with Crippen molar-refractivity contribution in [1.29, 1.82) is 0 Å². The van der Waals surface area contributed by atoms with E-state index in [1.54, 1.807) is 31.2 Å². The van der Waals surface area contributed by atoms with Crippen LogP contribution in [0, 0.1) is 5.92 Å². The van der Waals surface area contributed by atoms with Gasteiger partial charge in [-0.25, -0.2) is 4.79 Å². The zero-order valence-electron chi connectivity index (χ0n) is 14.9. The summed E-state index contributed by atoms with van der Waals surface area (Å²) in [7, 11) is 0. The number of esters is 1. The highest BCUT2D eigenvalue weighted by atomic mass is 35.5. The van der Waals surface area contributed by atoms with Gasteiger partial charge in [-0.3, -0.25) is 4.79 Å². The minimum Gasteiger partial charge on any atom is -0.448 e. The fraction of sp³-hybridized carbons (Fsp3) is 0.400. The summed E-state index contributed by atoms with van der Waals surface area (Å²) in [6, 6.07) is 8.78. The SMILES string of the molecule is CC[C@@H]1CCc2sc(C(=O)O[C@@H](C)C(=O)Nc3cccc(Cl)c3)cc2C1. The third kappa shape index (κ3) is 4.46. The molecule has 0 fully saturated rings. The maximum atomic E-state index is 12.4. The van der Waals surface area contributed by atoms with Crippen LogP contribution >= 0.6 is 22.9 Å². The number of benzene rings is 1. The molecule has 2 aromatic rings. The number of thiophene rings is 1. The zero-order valence-corrected chi connectivity index (χ0v) is 16.5. The average Bonchev–Trinajstić information content (AvgIpc) is 3.04. The van der Waals surface area contributed by atoms with Gasteiger partial charge in [-0.05, 0) is 61.9 Å². The van der Waals surface area contributed by atoms with Crippen molar-refractivity contribution in [2.75, 3.05) is 5.32 Å². The first-order chi connectivity index (χ1) is 12.5. The second-order valence-electron chi connectivity index (χ2n) is 6.62. The van der Waals surface area contributed by atoms with E-state index in [2.05, 4.69) is 12.2 Å². The smallest absolute Gasteiger partial charge is 0.349 e. The summed E-state index contributed by atoms with van der Waals surface area (Å²) in [6.45, 7) is 3.77. The molecular formula is C20H22ClNO3S. The van der Waals surface area contributed by atoms with Crippen LogP contribution in [0.4, 0.5) is 5.69 Å². The number of nitrogens with one attached hydrogen (secondary N) is 1. The molecule has 4 nitrogen and oxygen atoms in total. The lowest BCUT2D eigenvalue weighted by molar-refractivity contribution is -0.123. The van der Waals surface area contributed by atoms with Crippen molar-refractivity contribution in [1.82, 2.24) is 0 Å². The molecule has 1 aliphatic rings. The molecule has 0 radical (unpaired) electrons. The van der Waals surface area contributed by atoms with Gasteiger partial charge in [-0.15, -0.1) is 11.3 Å². The normalized spacial score (nSPS) is 17.3. The number of hydrogen-bond acceptors (Lipinski definition) is 4. The molecule has 1 aromatic heterocycles. The van der Waals surface area contributed by atoms with Crippen LogP contribution in [0.3, 0.4) is 0 Å². The molecule has 6 heteroatoms. The fourth-order valence-electron chi connectivity index (χ4n) is 3.13. The van der Waals surface area contributed by atoms with E-state index in [4.69, 9.17) is 16.3 Å². The van der Waals surface area contributed by atoms with Crippen molar-refractivity contribution < 1.29 is 14.3 Å². The third-order valence-electron chi connectivity index (χ3n) is 4.71. The highest BCUT2D eigenvalue weighted by molar-refractivity contribution is 7.14. The van der Waals surface area contributed by atoms with Crippen molar-refractivity contribution >= 4 is 40.5 Å². The standard InChI is InChI=1S/C20H22ClNO3S/c1-3-13-7-8-17-14(9-13)10-18(26-17)20(24)25-12(2)19(23)22-16-6-4-5-15(21)11-16/h4-6,10-13H,3,7-9H2,1-2H3,(H,22,23)/t12-,13+/m0/s1. The van der Waals surface area contributed by atoms with Crippen molar-refractivity contribution in [2.24, 2.45) is 5.92 Å². The van der Waals surface area contributed by atoms with Gasteiger partial charge in [0.05, 0.1) is 0 Å². The zero-order chi connectivity index (χ0) is 18.7. The summed E-state index contributed by atoms with van der Waals surface area (Å²) in [5, 5.41) is 3.23. The predicted molar refractivity (Wildman–Crippen MR) is 105 cm³/mol. The summed E-state index contributed by atoms with van der Waals surface area (Å²) in [4.78, 5) is 26.5. The first kappa shape index (κ1) is 18.9. The van der Waals surface area contributed by atoms with E-state index in [0.29, 0.717) is 21.5 Å². The van der Waals surface area contributed by atoms with Crippen molar-refractivity contribution in [3.05, 3.63) is 50.7 Å². The molecule has 3 rings (SSSR count). The van der Waals surface area contributed by atoms with Crippen LogP contribution in [0.5, 0.6) is 0 Å². The van der Waals surface area contributed by atoms with Crippen molar-refractivity contribution in [3.8, 4) is 0 Å². The van der Waals surface area contributed by atoms with Crippen LogP contribution in [0.2, 0.25) is 5.02 Å². The molecule has 1 aliphatic carbocycles. The number of fused-ring (bicyclic) bond motifs is 1. The molecule has 0 spiro atoms. The monoisotopic (exact) mass is 391 g/mol. The van der Waals surface area contributed by atoms with Gasteiger partial charge < -0.3 is 10.1 Å². The summed E-state index contributed by atoms with van der Waals surface area (Å²) < 4.78 is 5.36. The molecule has 0 saturated heterocycles. The second-order valence-corrected chi connectivity index (χ2v) is 8.20. The van der Waals surface area contributed by atoms with E-state index in [-0.39, 0.29) is 5.91 Å². The summed E-state index contributed by atoms with van der Waals surface area (Å²) in [5.74, 6) is -0.123. The minimum atomic E-state index is -0.885. The highest BCUT2D eigenvalue weighted by Crippen LogP contribution is 2.34. The Bertz CT molecular complexity index is 817.